The smallest absolute Gasteiger partial charge is 0.254 e. The molecule has 3 aromatic rings. The van der Waals surface area contributed by atoms with Crippen LogP contribution in [0.5, 0.6) is 28.7 Å². The van der Waals surface area contributed by atoms with Crippen LogP contribution in [0.15, 0.2) is 34.1 Å². The van der Waals surface area contributed by atoms with E-state index in [0.717, 1.165) is 42.1 Å². The molecule has 194 valence electrons. The number of aromatic amines is 1. The van der Waals surface area contributed by atoms with Crippen molar-refractivity contribution >= 4 is 5.71 Å². The number of benzene rings is 2. The number of hydrogen-bond donors (Lipinski definition) is 1. The summed E-state index contributed by atoms with van der Waals surface area (Å²) >= 11 is 0. The van der Waals surface area contributed by atoms with Crippen LogP contribution in [-0.2, 0) is 19.3 Å². The molecular formula is C28H31N3O6. The van der Waals surface area contributed by atoms with Gasteiger partial charge in [0, 0.05) is 34.9 Å². The van der Waals surface area contributed by atoms with Crippen molar-refractivity contribution < 1.29 is 23.7 Å². The van der Waals surface area contributed by atoms with Gasteiger partial charge in [0.1, 0.15) is 5.82 Å². The number of ether oxygens (including phenoxy) is 5. The van der Waals surface area contributed by atoms with Gasteiger partial charge in [-0.05, 0) is 55.5 Å². The van der Waals surface area contributed by atoms with E-state index in [1.165, 1.54) is 5.56 Å². The Balaban J connectivity index is 1.48. The van der Waals surface area contributed by atoms with Crippen LogP contribution in [0.1, 0.15) is 28.8 Å². The second kappa shape index (κ2) is 10.2. The second-order valence-corrected chi connectivity index (χ2v) is 9.07. The summed E-state index contributed by atoms with van der Waals surface area (Å²) in [5.74, 6) is 3.48. The molecule has 0 saturated heterocycles. The first-order chi connectivity index (χ1) is 18.0. The number of nitrogens with zero attached hydrogens (tertiary/aromatic N) is 2. The second-order valence-electron chi connectivity index (χ2n) is 9.07. The zero-order valence-electron chi connectivity index (χ0n) is 21.8. The maximum atomic E-state index is 13.3. The van der Waals surface area contributed by atoms with Crippen molar-refractivity contribution in [1.29, 1.82) is 0 Å². The number of nitrogens with one attached hydrogen (secondary N) is 1. The van der Waals surface area contributed by atoms with Crippen molar-refractivity contribution in [2.24, 2.45) is 10.9 Å². The first kappa shape index (κ1) is 24.7. The van der Waals surface area contributed by atoms with E-state index in [4.69, 9.17) is 33.7 Å². The number of aromatic nitrogens is 2. The van der Waals surface area contributed by atoms with Crippen molar-refractivity contribution in [3.8, 4) is 40.1 Å². The van der Waals surface area contributed by atoms with Crippen LogP contribution in [0, 0.1) is 5.92 Å². The molecule has 0 amide bonds. The molecular weight excluding hydrogens is 474 g/mol. The fourth-order valence-electron chi connectivity index (χ4n) is 5.31. The van der Waals surface area contributed by atoms with E-state index in [1.54, 1.807) is 47.7 Å². The zero-order chi connectivity index (χ0) is 26.1. The molecule has 1 aliphatic carbocycles. The fraction of sp³-hybridized carbons (Fsp3) is 0.393. The highest BCUT2D eigenvalue weighted by Gasteiger charge is 2.30. The lowest BCUT2D eigenvalue weighted by molar-refractivity contribution is 0.324. The summed E-state index contributed by atoms with van der Waals surface area (Å²) < 4.78 is 27.4. The molecule has 9 heteroatoms. The molecule has 0 bridgehead atoms. The van der Waals surface area contributed by atoms with Crippen LogP contribution in [-0.4, -0.2) is 57.8 Å². The fourth-order valence-corrected chi connectivity index (χ4v) is 5.31. The lowest BCUT2D eigenvalue weighted by Gasteiger charge is -2.29. The van der Waals surface area contributed by atoms with Crippen LogP contribution in [0.3, 0.4) is 0 Å². The summed E-state index contributed by atoms with van der Waals surface area (Å²) in [6.07, 6.45) is 2.97. The number of rotatable bonds is 7. The molecule has 1 aliphatic heterocycles. The van der Waals surface area contributed by atoms with E-state index in [0.29, 0.717) is 52.8 Å². The molecule has 0 spiro atoms. The third kappa shape index (κ3) is 4.39. The maximum Gasteiger partial charge on any atom is 0.254 e. The standard InChI is InChI=1S/C28H31N3O6/c1-33-21-11-15-8-9-29-25(18(15)14-22(21)34-2)16-6-7-20-19(10-16)28(32)31-27(30-20)17-12-23(35-3)26(37-5)24(13-17)36-4/h11-14,16H,6-10H2,1-5H3,(H,30,31,32). The van der Waals surface area contributed by atoms with Gasteiger partial charge in [-0.3, -0.25) is 9.79 Å². The van der Waals surface area contributed by atoms with E-state index in [2.05, 4.69) is 4.98 Å². The van der Waals surface area contributed by atoms with Crippen LogP contribution in [0.25, 0.3) is 11.4 Å². The molecule has 1 aromatic heterocycles. The molecule has 1 N–H and O–H groups in total. The average Bonchev–Trinajstić information content (AvgIpc) is 2.94. The van der Waals surface area contributed by atoms with Gasteiger partial charge in [0.15, 0.2) is 23.0 Å². The van der Waals surface area contributed by atoms with Crippen LogP contribution >= 0.6 is 0 Å². The van der Waals surface area contributed by atoms with Gasteiger partial charge >= 0.3 is 0 Å². The quantitative estimate of drug-likeness (QED) is 0.523. The van der Waals surface area contributed by atoms with Gasteiger partial charge in [0.2, 0.25) is 5.75 Å². The summed E-state index contributed by atoms with van der Waals surface area (Å²) in [6, 6.07) is 7.62. The minimum absolute atomic E-state index is 0.125. The van der Waals surface area contributed by atoms with E-state index >= 15 is 0 Å². The Labute approximate surface area is 215 Å². The van der Waals surface area contributed by atoms with Crippen LogP contribution in [0.2, 0.25) is 0 Å². The van der Waals surface area contributed by atoms with Crippen molar-refractivity contribution in [2.45, 2.75) is 25.7 Å². The summed E-state index contributed by atoms with van der Waals surface area (Å²) in [5, 5.41) is 0. The first-order valence-corrected chi connectivity index (χ1v) is 12.2. The largest absolute Gasteiger partial charge is 0.493 e. The lowest BCUT2D eigenvalue weighted by Crippen LogP contribution is -2.32. The van der Waals surface area contributed by atoms with Gasteiger partial charge in [0.25, 0.3) is 5.56 Å². The van der Waals surface area contributed by atoms with Gasteiger partial charge in [-0.2, -0.15) is 0 Å². The monoisotopic (exact) mass is 505 g/mol. The van der Waals surface area contributed by atoms with Gasteiger partial charge in [-0.1, -0.05) is 0 Å². The first-order valence-electron chi connectivity index (χ1n) is 12.2. The number of fused-ring (bicyclic) bond motifs is 2. The highest BCUT2D eigenvalue weighted by molar-refractivity contribution is 6.05. The molecule has 37 heavy (non-hydrogen) atoms. The molecule has 0 radical (unpaired) electrons. The molecule has 5 rings (SSSR count). The molecule has 0 fully saturated rings. The maximum absolute atomic E-state index is 13.3. The molecule has 2 heterocycles. The topological polar surface area (TPSA) is 104 Å². The van der Waals surface area contributed by atoms with E-state index < -0.39 is 0 Å². The van der Waals surface area contributed by atoms with E-state index in [-0.39, 0.29) is 11.5 Å². The third-order valence-corrected chi connectivity index (χ3v) is 7.15. The molecule has 9 nitrogen and oxygen atoms in total. The highest BCUT2D eigenvalue weighted by atomic mass is 16.5. The van der Waals surface area contributed by atoms with Crippen LogP contribution < -0.4 is 29.2 Å². The predicted octanol–water partition coefficient (Wildman–Crippen LogP) is 3.63. The van der Waals surface area contributed by atoms with Crippen molar-refractivity contribution in [3.63, 3.8) is 0 Å². The van der Waals surface area contributed by atoms with Crippen molar-refractivity contribution in [2.75, 3.05) is 42.1 Å². The summed E-state index contributed by atoms with van der Waals surface area (Å²) in [4.78, 5) is 26.0. The molecule has 2 aliphatic rings. The number of aryl methyl sites for hydroxylation is 1. The predicted molar refractivity (Wildman–Crippen MR) is 140 cm³/mol. The van der Waals surface area contributed by atoms with Gasteiger partial charge < -0.3 is 28.7 Å². The molecule has 1 atom stereocenters. The van der Waals surface area contributed by atoms with Gasteiger partial charge in [-0.25, -0.2) is 4.98 Å². The average molecular weight is 506 g/mol. The Morgan fingerprint density at radius 1 is 0.838 bits per heavy atom. The Morgan fingerprint density at radius 3 is 2.16 bits per heavy atom. The van der Waals surface area contributed by atoms with Gasteiger partial charge in [0.05, 0.1) is 41.2 Å². The molecule has 0 saturated carbocycles. The SMILES string of the molecule is COc1cc2c(cc1OC)C(C1CCc3nc(-c4cc(OC)c(OC)c(OC)c4)[nH]c(=O)c3C1)=NCC2. The van der Waals surface area contributed by atoms with E-state index in [9.17, 15) is 4.79 Å². The summed E-state index contributed by atoms with van der Waals surface area (Å²) in [7, 11) is 7.95. The summed E-state index contributed by atoms with van der Waals surface area (Å²) in [6.45, 7) is 0.718. The van der Waals surface area contributed by atoms with E-state index in [1.807, 2.05) is 12.1 Å². The Kier molecular flexibility index (Phi) is 6.78. The zero-order valence-corrected chi connectivity index (χ0v) is 21.8. The van der Waals surface area contributed by atoms with Crippen molar-refractivity contribution in [3.05, 3.63) is 57.0 Å². The minimum atomic E-state index is -0.137. The minimum Gasteiger partial charge on any atom is -0.493 e. The Morgan fingerprint density at radius 2 is 1.51 bits per heavy atom. The third-order valence-electron chi connectivity index (χ3n) is 7.15. The Hall–Kier alpha value is -4.01. The number of H-pyrrole nitrogens is 1. The number of aliphatic imine (C=N–C) groups is 1. The highest BCUT2D eigenvalue weighted by Crippen LogP contribution is 2.41. The van der Waals surface area contributed by atoms with Crippen LogP contribution in [0.4, 0.5) is 0 Å². The lowest BCUT2D eigenvalue weighted by atomic mass is 9.79. The summed E-state index contributed by atoms with van der Waals surface area (Å²) in [5.41, 5.74) is 5.37. The normalized spacial score (nSPS) is 16.2. The Bertz CT molecular complexity index is 1400. The molecule has 1 unspecified atom stereocenters. The number of hydrogen-bond acceptors (Lipinski definition) is 8. The number of methoxy groups -OCH3 is 5. The molecule has 2 aromatic carbocycles. The van der Waals surface area contributed by atoms with Gasteiger partial charge in [-0.15, -0.1) is 0 Å². The van der Waals surface area contributed by atoms with Crippen molar-refractivity contribution in [1.82, 2.24) is 9.97 Å².